The molecule has 0 aliphatic heterocycles. The maximum absolute atomic E-state index is 13.5. The molecule has 0 unspecified atom stereocenters. The van der Waals surface area contributed by atoms with Crippen molar-refractivity contribution in [3.05, 3.63) is 107 Å². The second-order valence-corrected chi connectivity index (χ2v) is 8.13. The molecule has 0 heterocycles. The first kappa shape index (κ1) is 22.8. The molecule has 0 atom stereocenters. The monoisotopic (exact) mass is 452 g/mol. The number of carbonyl (C=O) groups is 2. The highest BCUT2D eigenvalue weighted by molar-refractivity contribution is 6.02. The third-order valence-corrected chi connectivity index (χ3v) is 5.94. The van der Waals surface area contributed by atoms with E-state index in [9.17, 15) is 22.8 Å². The lowest BCUT2D eigenvalue weighted by Gasteiger charge is -2.37. The van der Waals surface area contributed by atoms with E-state index in [0.717, 1.165) is 12.8 Å². The molecule has 0 bridgehead atoms. The quantitative estimate of drug-likeness (QED) is 0.242. The van der Waals surface area contributed by atoms with Gasteiger partial charge in [-0.2, -0.15) is 13.2 Å². The van der Waals surface area contributed by atoms with Crippen molar-refractivity contribution < 1.29 is 27.5 Å². The molecule has 6 heteroatoms. The van der Waals surface area contributed by atoms with Crippen LogP contribution in [0.3, 0.4) is 0 Å². The average molecular weight is 452 g/mol. The highest BCUT2D eigenvalue weighted by Gasteiger charge is 2.51. The van der Waals surface area contributed by atoms with Gasteiger partial charge in [-0.1, -0.05) is 85.8 Å². The molecule has 4 rings (SSSR count). The van der Waals surface area contributed by atoms with Crippen molar-refractivity contribution in [2.45, 2.75) is 38.0 Å². The molecule has 33 heavy (non-hydrogen) atoms. The standard InChI is InChI=1S/C27H23F3O3/c1-2-18-10-9-15-22(23(18)24(31)19-16-17-19)26(20-11-5-3-6-12-20,21-13-7-4-8-14-21)33-25(32)27(28,29)30/h3-15,19H,2,16-17H2,1H3. The molecule has 170 valence electrons. The van der Waals surface area contributed by atoms with Gasteiger partial charge in [0, 0.05) is 28.2 Å². The van der Waals surface area contributed by atoms with Gasteiger partial charge in [-0.15, -0.1) is 0 Å². The summed E-state index contributed by atoms with van der Waals surface area (Å²) in [6.45, 7) is 1.89. The number of rotatable bonds is 7. The van der Waals surface area contributed by atoms with E-state index in [4.69, 9.17) is 4.74 Å². The molecular formula is C27H23F3O3. The van der Waals surface area contributed by atoms with E-state index < -0.39 is 17.7 Å². The zero-order valence-electron chi connectivity index (χ0n) is 18.1. The maximum Gasteiger partial charge on any atom is 0.490 e. The van der Waals surface area contributed by atoms with Crippen LogP contribution in [0.5, 0.6) is 0 Å². The van der Waals surface area contributed by atoms with Crippen molar-refractivity contribution in [2.24, 2.45) is 5.92 Å². The minimum Gasteiger partial charge on any atom is -0.438 e. The van der Waals surface area contributed by atoms with Crippen LogP contribution in [0.25, 0.3) is 0 Å². The molecule has 1 aliphatic rings. The molecule has 3 aromatic carbocycles. The van der Waals surface area contributed by atoms with Crippen LogP contribution in [-0.4, -0.2) is 17.9 Å². The Hall–Kier alpha value is -3.41. The van der Waals surface area contributed by atoms with Crippen LogP contribution in [0.2, 0.25) is 0 Å². The Morgan fingerprint density at radius 2 is 1.39 bits per heavy atom. The third-order valence-electron chi connectivity index (χ3n) is 5.94. The molecule has 1 fully saturated rings. The van der Waals surface area contributed by atoms with Gasteiger partial charge in [0.1, 0.15) is 0 Å². The van der Waals surface area contributed by atoms with Gasteiger partial charge in [0.2, 0.25) is 0 Å². The summed E-state index contributed by atoms with van der Waals surface area (Å²) in [7, 11) is 0. The number of carbonyl (C=O) groups excluding carboxylic acids is 2. The highest BCUT2D eigenvalue weighted by atomic mass is 19.4. The largest absolute Gasteiger partial charge is 0.490 e. The number of benzene rings is 3. The zero-order chi connectivity index (χ0) is 23.6. The van der Waals surface area contributed by atoms with Crippen LogP contribution in [0.15, 0.2) is 78.9 Å². The molecule has 0 aromatic heterocycles. The first-order valence-corrected chi connectivity index (χ1v) is 10.9. The van der Waals surface area contributed by atoms with Crippen LogP contribution in [0, 0.1) is 5.92 Å². The second-order valence-electron chi connectivity index (χ2n) is 8.13. The van der Waals surface area contributed by atoms with Crippen molar-refractivity contribution in [2.75, 3.05) is 0 Å². The van der Waals surface area contributed by atoms with E-state index in [0.29, 0.717) is 28.7 Å². The molecule has 3 nitrogen and oxygen atoms in total. The summed E-state index contributed by atoms with van der Waals surface area (Å²) >= 11 is 0. The van der Waals surface area contributed by atoms with E-state index in [2.05, 4.69) is 0 Å². The van der Waals surface area contributed by atoms with E-state index >= 15 is 0 Å². The Balaban J connectivity index is 2.09. The van der Waals surface area contributed by atoms with Gasteiger partial charge in [0.25, 0.3) is 0 Å². The number of Topliss-reactive ketones (excluding diaryl/α,β-unsaturated/α-hetero) is 1. The lowest BCUT2D eigenvalue weighted by Crippen LogP contribution is -2.41. The van der Waals surface area contributed by atoms with Crippen molar-refractivity contribution >= 4 is 11.8 Å². The van der Waals surface area contributed by atoms with Gasteiger partial charge in [0.05, 0.1) is 0 Å². The first-order valence-electron chi connectivity index (χ1n) is 10.9. The maximum atomic E-state index is 13.5. The van der Waals surface area contributed by atoms with Crippen LogP contribution in [0.1, 0.15) is 52.4 Å². The summed E-state index contributed by atoms with van der Waals surface area (Å²) in [6, 6.07) is 21.7. The molecule has 1 saturated carbocycles. The smallest absolute Gasteiger partial charge is 0.438 e. The first-order chi connectivity index (χ1) is 15.8. The Kier molecular flexibility index (Phi) is 6.11. The van der Waals surface area contributed by atoms with E-state index in [1.807, 2.05) is 6.92 Å². The van der Waals surface area contributed by atoms with E-state index in [1.54, 1.807) is 78.9 Å². The lowest BCUT2D eigenvalue weighted by molar-refractivity contribution is -0.209. The van der Waals surface area contributed by atoms with Crippen molar-refractivity contribution in [3.63, 3.8) is 0 Å². The second kappa shape index (κ2) is 8.85. The Bertz CT molecular complexity index is 1110. The van der Waals surface area contributed by atoms with Crippen molar-refractivity contribution in [3.8, 4) is 0 Å². The predicted octanol–water partition coefficient (Wildman–Crippen LogP) is 6.24. The minimum absolute atomic E-state index is 0.123. The summed E-state index contributed by atoms with van der Waals surface area (Å²) in [5, 5.41) is 0. The van der Waals surface area contributed by atoms with Gasteiger partial charge in [-0.3, -0.25) is 4.79 Å². The van der Waals surface area contributed by atoms with Crippen molar-refractivity contribution in [1.29, 1.82) is 0 Å². The van der Waals surface area contributed by atoms with Gasteiger partial charge in [0.15, 0.2) is 11.4 Å². The SMILES string of the molecule is CCc1cccc(C(OC(=O)C(F)(F)F)(c2ccccc2)c2ccccc2)c1C(=O)C1CC1. The summed E-state index contributed by atoms with van der Waals surface area (Å²) in [4.78, 5) is 25.8. The number of halogens is 3. The topological polar surface area (TPSA) is 43.4 Å². The molecule has 1 aliphatic carbocycles. The number of ether oxygens (including phenoxy) is 1. The molecular weight excluding hydrogens is 429 g/mol. The number of hydrogen-bond acceptors (Lipinski definition) is 3. The van der Waals surface area contributed by atoms with Crippen LogP contribution in [0.4, 0.5) is 13.2 Å². The number of ketones is 1. The van der Waals surface area contributed by atoms with Gasteiger partial charge in [-0.05, 0) is 24.8 Å². The Morgan fingerprint density at radius 3 is 1.85 bits per heavy atom. The van der Waals surface area contributed by atoms with Gasteiger partial charge in [-0.25, -0.2) is 4.79 Å². The number of hydrogen-bond donors (Lipinski definition) is 0. The number of esters is 1. The van der Waals surface area contributed by atoms with Crippen LogP contribution >= 0.6 is 0 Å². The fourth-order valence-electron chi connectivity index (χ4n) is 4.22. The van der Waals surface area contributed by atoms with Gasteiger partial charge < -0.3 is 4.74 Å². The molecule has 0 radical (unpaired) electrons. The lowest BCUT2D eigenvalue weighted by atomic mass is 9.75. The summed E-state index contributed by atoms with van der Waals surface area (Å²) < 4.78 is 46.0. The van der Waals surface area contributed by atoms with Gasteiger partial charge >= 0.3 is 12.1 Å². The molecule has 3 aromatic rings. The summed E-state index contributed by atoms with van der Waals surface area (Å²) in [5.41, 5.74) is -0.0124. The van der Waals surface area contributed by atoms with Crippen LogP contribution < -0.4 is 0 Å². The predicted molar refractivity (Wildman–Crippen MR) is 118 cm³/mol. The minimum atomic E-state index is -5.21. The Labute approximate surface area is 190 Å². The molecule has 0 amide bonds. The van der Waals surface area contributed by atoms with Crippen molar-refractivity contribution in [1.82, 2.24) is 0 Å². The van der Waals surface area contributed by atoms with E-state index in [-0.39, 0.29) is 17.3 Å². The average Bonchev–Trinajstić information content (AvgIpc) is 3.67. The fourth-order valence-corrected chi connectivity index (χ4v) is 4.22. The van der Waals surface area contributed by atoms with Crippen LogP contribution in [-0.2, 0) is 21.6 Å². The third kappa shape index (κ3) is 4.30. The van der Waals surface area contributed by atoms with E-state index in [1.165, 1.54) is 0 Å². The summed E-state index contributed by atoms with van der Waals surface area (Å²) in [5.74, 6) is -2.61. The zero-order valence-corrected chi connectivity index (χ0v) is 18.1. The summed E-state index contributed by atoms with van der Waals surface area (Å²) in [6.07, 6.45) is -3.23. The normalized spacial score (nSPS) is 14.1. The highest BCUT2D eigenvalue weighted by Crippen LogP contribution is 2.46. The molecule has 0 saturated heterocycles. The Morgan fingerprint density at radius 1 is 0.848 bits per heavy atom. The fraction of sp³-hybridized carbons (Fsp3) is 0.259. The molecule has 0 N–H and O–H groups in total. The molecule has 0 spiro atoms. The number of alkyl halides is 3. The number of aryl methyl sites for hydroxylation is 1.